The van der Waals surface area contributed by atoms with E-state index in [9.17, 15) is 14.4 Å². The van der Waals surface area contributed by atoms with Gasteiger partial charge >= 0.3 is 5.97 Å². The number of nitrogens with one attached hydrogen (secondary N) is 2. The molecule has 9 heteroatoms. The summed E-state index contributed by atoms with van der Waals surface area (Å²) in [5.41, 5.74) is 1.47. The number of benzene rings is 1. The zero-order valence-electron chi connectivity index (χ0n) is 15.9. The number of amides is 2. The normalized spacial score (nSPS) is 13.0. The maximum Gasteiger partial charge on any atom is 0.342 e. The van der Waals surface area contributed by atoms with E-state index in [0.29, 0.717) is 27.8 Å². The van der Waals surface area contributed by atoms with Crippen molar-refractivity contribution in [1.82, 2.24) is 0 Å². The number of carbonyl (C=O) groups is 3. The lowest BCUT2D eigenvalue weighted by Crippen LogP contribution is -2.30. The first-order valence-corrected chi connectivity index (χ1v) is 9.37. The van der Waals surface area contributed by atoms with Gasteiger partial charge in [-0.05, 0) is 38.5 Å². The Morgan fingerprint density at radius 1 is 1.14 bits per heavy atom. The maximum absolute atomic E-state index is 12.6. The lowest BCUT2D eigenvalue weighted by molar-refractivity contribution is -0.123. The van der Waals surface area contributed by atoms with Crippen molar-refractivity contribution >= 4 is 39.8 Å². The Morgan fingerprint density at radius 2 is 1.86 bits per heavy atom. The van der Waals surface area contributed by atoms with E-state index in [4.69, 9.17) is 14.2 Å². The van der Waals surface area contributed by atoms with Gasteiger partial charge in [-0.2, -0.15) is 0 Å². The fourth-order valence-electron chi connectivity index (χ4n) is 2.61. The minimum Gasteiger partial charge on any atom is -0.454 e. The Balaban J connectivity index is 1.69. The molecule has 0 fully saturated rings. The Kier molecular flexibility index (Phi) is 5.55. The predicted molar refractivity (Wildman–Crippen MR) is 104 cm³/mol. The van der Waals surface area contributed by atoms with Gasteiger partial charge in [0.25, 0.3) is 5.91 Å². The first kappa shape index (κ1) is 19.7. The number of fused-ring (bicyclic) bond motifs is 1. The monoisotopic (exact) mass is 404 g/mol. The van der Waals surface area contributed by atoms with E-state index in [2.05, 4.69) is 10.6 Å². The van der Waals surface area contributed by atoms with Gasteiger partial charge in [0.15, 0.2) is 17.6 Å². The number of aryl methyl sites for hydroxylation is 1. The lowest BCUT2D eigenvalue weighted by Gasteiger charge is -2.14. The highest BCUT2D eigenvalue weighted by Gasteiger charge is 2.26. The third-order valence-corrected chi connectivity index (χ3v) is 5.29. The highest BCUT2D eigenvalue weighted by Crippen LogP contribution is 2.35. The molecule has 1 aromatic heterocycles. The van der Waals surface area contributed by atoms with Crippen LogP contribution in [0.1, 0.15) is 34.6 Å². The molecule has 2 amide bonds. The number of hydrogen-bond donors (Lipinski definition) is 2. The van der Waals surface area contributed by atoms with E-state index >= 15 is 0 Å². The van der Waals surface area contributed by atoms with Gasteiger partial charge in [0, 0.05) is 23.6 Å². The summed E-state index contributed by atoms with van der Waals surface area (Å²) in [6, 6.07) is 4.99. The van der Waals surface area contributed by atoms with Crippen LogP contribution in [0.5, 0.6) is 11.5 Å². The summed E-state index contributed by atoms with van der Waals surface area (Å²) in [5.74, 6) is -0.307. The molecule has 0 radical (unpaired) electrons. The van der Waals surface area contributed by atoms with Gasteiger partial charge in [-0.15, -0.1) is 11.3 Å². The number of ether oxygens (including phenoxy) is 3. The molecule has 2 aromatic rings. The van der Waals surface area contributed by atoms with Crippen LogP contribution in [0.2, 0.25) is 0 Å². The zero-order chi connectivity index (χ0) is 20.4. The number of anilines is 2. The van der Waals surface area contributed by atoms with Crippen molar-refractivity contribution in [3.63, 3.8) is 0 Å². The molecule has 148 valence electrons. The molecule has 28 heavy (non-hydrogen) atoms. The van der Waals surface area contributed by atoms with Gasteiger partial charge in [0.1, 0.15) is 5.00 Å². The van der Waals surface area contributed by atoms with Crippen LogP contribution in [0.4, 0.5) is 10.7 Å². The third kappa shape index (κ3) is 4.09. The van der Waals surface area contributed by atoms with Crippen molar-refractivity contribution < 1.29 is 28.6 Å². The SMILES string of the molecule is CC(=O)Nc1sc(C)c(C)c1C(=O)O[C@H](C)C(=O)Nc1ccc2c(c1)OCO2. The quantitative estimate of drug-likeness (QED) is 0.742. The van der Waals surface area contributed by atoms with Crippen molar-refractivity contribution in [2.45, 2.75) is 33.8 Å². The average Bonchev–Trinajstić information content (AvgIpc) is 3.18. The molecule has 8 nitrogen and oxygen atoms in total. The molecule has 2 heterocycles. The number of esters is 1. The van der Waals surface area contributed by atoms with Crippen LogP contribution in [0.15, 0.2) is 18.2 Å². The van der Waals surface area contributed by atoms with Crippen molar-refractivity contribution in [2.75, 3.05) is 17.4 Å². The van der Waals surface area contributed by atoms with Crippen molar-refractivity contribution in [3.8, 4) is 11.5 Å². The topological polar surface area (TPSA) is 103 Å². The second-order valence-corrected chi connectivity index (χ2v) is 7.50. The van der Waals surface area contributed by atoms with Crippen LogP contribution in [0.3, 0.4) is 0 Å². The van der Waals surface area contributed by atoms with Gasteiger partial charge < -0.3 is 24.8 Å². The molecule has 1 aliphatic rings. The summed E-state index contributed by atoms with van der Waals surface area (Å²) in [6.07, 6.45) is -1.04. The van der Waals surface area contributed by atoms with Crippen LogP contribution in [-0.4, -0.2) is 30.7 Å². The van der Waals surface area contributed by atoms with Crippen LogP contribution in [0.25, 0.3) is 0 Å². The molecule has 0 saturated heterocycles. The van der Waals surface area contributed by atoms with Crippen molar-refractivity contribution in [1.29, 1.82) is 0 Å². The van der Waals surface area contributed by atoms with E-state index in [1.165, 1.54) is 25.2 Å². The van der Waals surface area contributed by atoms with Gasteiger partial charge in [0.2, 0.25) is 12.7 Å². The van der Waals surface area contributed by atoms with Crippen LogP contribution in [-0.2, 0) is 14.3 Å². The summed E-state index contributed by atoms with van der Waals surface area (Å²) in [5, 5.41) is 5.72. The fraction of sp³-hybridized carbons (Fsp3) is 0.316. The van der Waals surface area contributed by atoms with Gasteiger partial charge in [-0.25, -0.2) is 4.79 Å². The number of rotatable bonds is 5. The maximum atomic E-state index is 12.6. The Labute approximate surface area is 165 Å². The van der Waals surface area contributed by atoms with Gasteiger partial charge in [-0.1, -0.05) is 0 Å². The molecule has 1 aromatic carbocycles. The standard InChI is InChI=1S/C19H20N2O6S/c1-9-11(3)28-18(20-12(4)22)16(9)19(24)27-10(2)17(23)21-13-5-6-14-15(7-13)26-8-25-14/h5-7,10H,8H2,1-4H3,(H,20,22)(H,21,23)/t10-/m1/s1. The molecule has 1 aliphatic heterocycles. The number of thiophene rings is 1. The van der Waals surface area contributed by atoms with E-state index in [0.717, 1.165) is 4.88 Å². The Hall–Kier alpha value is -3.07. The fourth-order valence-corrected chi connectivity index (χ4v) is 3.71. The summed E-state index contributed by atoms with van der Waals surface area (Å²) in [4.78, 5) is 37.3. The van der Waals surface area contributed by atoms with E-state index in [-0.39, 0.29) is 18.3 Å². The largest absolute Gasteiger partial charge is 0.454 e. The Morgan fingerprint density at radius 3 is 2.57 bits per heavy atom. The van der Waals surface area contributed by atoms with Gasteiger partial charge in [0.05, 0.1) is 5.56 Å². The predicted octanol–water partition coefficient (Wildman–Crippen LogP) is 3.24. The molecular weight excluding hydrogens is 384 g/mol. The molecule has 3 rings (SSSR count). The van der Waals surface area contributed by atoms with Crippen LogP contribution in [0, 0.1) is 13.8 Å². The second-order valence-electron chi connectivity index (χ2n) is 6.27. The highest BCUT2D eigenvalue weighted by atomic mass is 32.1. The van der Waals surface area contributed by atoms with Gasteiger partial charge in [-0.3, -0.25) is 9.59 Å². The van der Waals surface area contributed by atoms with E-state index in [1.807, 2.05) is 6.92 Å². The zero-order valence-corrected chi connectivity index (χ0v) is 16.7. The molecule has 0 aliphatic carbocycles. The Bertz CT molecular complexity index is 952. The smallest absolute Gasteiger partial charge is 0.342 e. The van der Waals surface area contributed by atoms with E-state index < -0.39 is 18.0 Å². The second kappa shape index (κ2) is 7.89. The number of hydrogen-bond acceptors (Lipinski definition) is 7. The first-order valence-electron chi connectivity index (χ1n) is 8.55. The van der Waals surface area contributed by atoms with E-state index in [1.54, 1.807) is 25.1 Å². The molecule has 1 atom stereocenters. The molecule has 0 bridgehead atoms. The minimum absolute atomic E-state index is 0.136. The third-order valence-electron chi connectivity index (χ3n) is 4.17. The number of carbonyl (C=O) groups excluding carboxylic acids is 3. The van der Waals surface area contributed by atoms with Crippen LogP contribution >= 0.6 is 11.3 Å². The van der Waals surface area contributed by atoms with Crippen molar-refractivity contribution in [3.05, 3.63) is 34.2 Å². The van der Waals surface area contributed by atoms with Crippen LogP contribution < -0.4 is 20.1 Å². The summed E-state index contributed by atoms with van der Waals surface area (Å²) in [6.45, 7) is 6.59. The average molecular weight is 404 g/mol. The highest BCUT2D eigenvalue weighted by molar-refractivity contribution is 7.16. The summed E-state index contributed by atoms with van der Waals surface area (Å²) in [7, 11) is 0. The lowest BCUT2D eigenvalue weighted by atomic mass is 10.1. The van der Waals surface area contributed by atoms with Crippen molar-refractivity contribution in [2.24, 2.45) is 0 Å². The molecule has 0 saturated carbocycles. The molecule has 0 unspecified atom stereocenters. The minimum atomic E-state index is -1.04. The molecule has 2 N–H and O–H groups in total. The summed E-state index contributed by atoms with van der Waals surface area (Å²) < 4.78 is 15.8. The summed E-state index contributed by atoms with van der Waals surface area (Å²) >= 11 is 1.29. The molecule has 0 spiro atoms. The molecular formula is C19H20N2O6S. The first-order chi connectivity index (χ1) is 13.3.